The Balaban J connectivity index is 3.76. The van der Waals surface area contributed by atoms with Crippen molar-refractivity contribution in [2.75, 3.05) is 25.7 Å². The summed E-state index contributed by atoms with van der Waals surface area (Å²) in [6.07, 6.45) is 3.86. The molecule has 0 aromatic rings. The molecule has 5 heteroatoms. The molecule has 0 saturated heterocycles. The predicted octanol–water partition coefficient (Wildman–Crippen LogP) is 1.63. The largest absolute Gasteiger partial charge is 0.465 e. The van der Waals surface area contributed by atoms with E-state index in [2.05, 4.69) is 4.99 Å². The van der Waals surface area contributed by atoms with Crippen LogP contribution in [0.1, 0.15) is 6.92 Å². The third kappa shape index (κ3) is 5.49. The minimum atomic E-state index is -0.266. The number of esters is 1. The Morgan fingerprint density at radius 3 is 2.42 bits per heavy atom. The van der Waals surface area contributed by atoms with Gasteiger partial charge in [-0.05, 0) is 19.4 Å². The molecule has 0 aliphatic heterocycles. The normalized spacial score (nSPS) is 9.25. The van der Waals surface area contributed by atoms with Crippen molar-refractivity contribution in [2.45, 2.75) is 6.92 Å². The van der Waals surface area contributed by atoms with Gasteiger partial charge in [0, 0.05) is 0 Å². The van der Waals surface area contributed by atoms with E-state index in [1.807, 2.05) is 12.5 Å². The number of carbonyl (C=O) groups is 1. The fraction of sp³-hybridized carbons (Fsp3) is 0.714. The second-order valence-electron chi connectivity index (χ2n) is 1.80. The number of ether oxygens (including phenoxy) is 1. The zero-order valence-electron chi connectivity index (χ0n) is 7.49. The van der Waals surface area contributed by atoms with Crippen LogP contribution in [0.3, 0.4) is 0 Å². The standard InChI is InChI=1S/C7H13NO2S2/c1-4-10-6(9)5-8-7(11-2)12-3/h4-5H2,1-3H3/i5+1,6+1,8+1. The van der Waals surface area contributed by atoms with Crippen molar-refractivity contribution in [3.8, 4) is 0 Å². The van der Waals surface area contributed by atoms with Crippen molar-refractivity contribution in [3.63, 3.8) is 0 Å². The van der Waals surface area contributed by atoms with Crippen LogP contribution >= 0.6 is 23.5 Å². The van der Waals surface area contributed by atoms with Crippen LogP contribution in [0.25, 0.3) is 0 Å². The Morgan fingerprint density at radius 2 is 2.00 bits per heavy atom. The Bertz CT molecular complexity index is 165. The van der Waals surface area contributed by atoms with Gasteiger partial charge in [0.15, 0.2) is 0 Å². The summed E-state index contributed by atoms with van der Waals surface area (Å²) >= 11 is 3.07. The van der Waals surface area contributed by atoms with Crippen LogP contribution in [0.5, 0.6) is 0 Å². The first-order valence-corrected chi connectivity index (χ1v) is 5.97. The van der Waals surface area contributed by atoms with E-state index in [1.54, 1.807) is 6.92 Å². The number of aliphatic imine (C=N–C) groups is 1. The Hall–Kier alpha value is -0.160. The molecule has 70 valence electrons. The molecular formula is C7H13NO2S2. The minimum Gasteiger partial charge on any atom is -0.465 e. The minimum absolute atomic E-state index is 0.130. The SMILES string of the molecule is CCO[13C](=O)[13CH2][15N]=C(SC)SC. The lowest BCUT2D eigenvalue weighted by Crippen LogP contribution is -2.08. The average molecular weight is 210 g/mol. The number of hydrogen-bond acceptors (Lipinski definition) is 5. The fourth-order valence-electron chi connectivity index (χ4n) is 0.548. The summed E-state index contributed by atoms with van der Waals surface area (Å²) in [5.41, 5.74) is 0. The van der Waals surface area contributed by atoms with Gasteiger partial charge in [-0.15, -0.1) is 23.5 Å². The molecule has 0 fully saturated rings. The van der Waals surface area contributed by atoms with Crippen LogP contribution in [0.15, 0.2) is 4.99 Å². The number of carbonyl (C=O) groups excluding carboxylic acids is 1. The fourth-order valence-corrected chi connectivity index (χ4v) is 1.60. The van der Waals surface area contributed by atoms with Gasteiger partial charge in [0.05, 0.1) is 6.61 Å². The molecule has 0 unspecified atom stereocenters. The van der Waals surface area contributed by atoms with Crippen LogP contribution in [0.4, 0.5) is 0 Å². The number of rotatable bonds is 3. The topological polar surface area (TPSA) is 38.7 Å². The molecule has 0 atom stereocenters. The van der Waals surface area contributed by atoms with Crippen molar-refractivity contribution in [1.29, 1.82) is 0 Å². The van der Waals surface area contributed by atoms with E-state index >= 15 is 0 Å². The van der Waals surface area contributed by atoms with Crippen molar-refractivity contribution in [1.82, 2.24) is 0 Å². The van der Waals surface area contributed by atoms with E-state index in [9.17, 15) is 4.79 Å². The van der Waals surface area contributed by atoms with Crippen molar-refractivity contribution in [3.05, 3.63) is 0 Å². The highest BCUT2D eigenvalue weighted by atomic mass is 32.2. The molecular weight excluding hydrogens is 197 g/mol. The highest BCUT2D eigenvalue weighted by Crippen LogP contribution is 2.10. The first kappa shape index (κ1) is 11.8. The number of hydrogen-bond donors (Lipinski definition) is 0. The summed E-state index contributed by atoms with van der Waals surface area (Å²) in [6, 6.07) is 0. The molecule has 0 aliphatic rings. The molecule has 0 amide bonds. The second kappa shape index (κ2) is 7.49. The Labute approximate surface area is 81.3 Å². The molecule has 0 saturated carbocycles. The lowest BCUT2D eigenvalue weighted by molar-refractivity contribution is -0.141. The van der Waals surface area contributed by atoms with Gasteiger partial charge in [-0.2, -0.15) is 0 Å². The van der Waals surface area contributed by atoms with E-state index in [1.165, 1.54) is 23.5 Å². The van der Waals surface area contributed by atoms with Crippen LogP contribution < -0.4 is 0 Å². The van der Waals surface area contributed by atoms with Gasteiger partial charge in [-0.1, -0.05) is 0 Å². The van der Waals surface area contributed by atoms with Gasteiger partial charge in [0.25, 0.3) is 0 Å². The smallest absolute Gasteiger partial charge is 0.327 e. The lowest BCUT2D eigenvalue weighted by Gasteiger charge is -1.99. The zero-order chi connectivity index (χ0) is 9.40. The summed E-state index contributed by atoms with van der Waals surface area (Å²) in [6.45, 7) is 2.33. The van der Waals surface area contributed by atoms with Gasteiger partial charge < -0.3 is 4.74 Å². The summed E-state index contributed by atoms with van der Waals surface area (Å²) < 4.78 is 5.62. The molecule has 0 aromatic heterocycles. The third-order valence-corrected chi connectivity index (χ3v) is 2.95. The quantitative estimate of drug-likeness (QED) is 0.233. The number of nitrogens with zero attached hydrogens (tertiary/aromatic N) is 1. The molecule has 0 spiro atoms. The maximum atomic E-state index is 10.8. The molecule has 0 aliphatic carbocycles. The highest BCUT2D eigenvalue weighted by molar-refractivity contribution is 8.38. The molecule has 0 radical (unpaired) electrons. The molecule has 0 rings (SSSR count). The maximum Gasteiger partial charge on any atom is 0.327 e. The van der Waals surface area contributed by atoms with Crippen molar-refractivity contribution >= 4 is 33.9 Å². The van der Waals surface area contributed by atoms with Gasteiger partial charge in [-0.25, -0.2) is 0 Å². The monoisotopic (exact) mass is 210 g/mol. The summed E-state index contributed by atoms with van der Waals surface area (Å²) in [4.78, 5) is 14.9. The van der Waals surface area contributed by atoms with Crippen LogP contribution in [-0.4, -0.2) is 36.0 Å². The van der Waals surface area contributed by atoms with E-state index in [4.69, 9.17) is 4.74 Å². The van der Waals surface area contributed by atoms with Crippen molar-refractivity contribution < 1.29 is 9.53 Å². The Kier molecular flexibility index (Phi) is 7.39. The van der Waals surface area contributed by atoms with Gasteiger partial charge >= 0.3 is 5.97 Å². The second-order valence-corrected chi connectivity index (χ2v) is 3.64. The highest BCUT2D eigenvalue weighted by Gasteiger charge is 2.00. The van der Waals surface area contributed by atoms with Crippen LogP contribution in [-0.2, 0) is 9.53 Å². The van der Waals surface area contributed by atoms with E-state index in [0.29, 0.717) is 6.61 Å². The molecule has 0 heterocycles. The summed E-state index contributed by atoms with van der Waals surface area (Å²) in [5, 5.41) is 0. The van der Waals surface area contributed by atoms with Crippen molar-refractivity contribution in [2.24, 2.45) is 4.99 Å². The van der Waals surface area contributed by atoms with E-state index in [-0.39, 0.29) is 12.5 Å². The lowest BCUT2D eigenvalue weighted by atomic mass is 10.9. The summed E-state index contributed by atoms with van der Waals surface area (Å²) in [5.74, 6) is -0.266. The molecule has 12 heavy (non-hydrogen) atoms. The maximum absolute atomic E-state index is 10.8. The molecule has 3 nitrogen and oxygen atoms in total. The summed E-state index contributed by atoms with van der Waals surface area (Å²) in [7, 11) is 0. The van der Waals surface area contributed by atoms with Crippen LogP contribution in [0.2, 0.25) is 0 Å². The molecule has 0 N–H and O–H groups in total. The molecule has 0 bridgehead atoms. The average Bonchev–Trinajstić information content (AvgIpc) is 2.07. The van der Waals surface area contributed by atoms with Crippen LogP contribution in [0, 0.1) is 0 Å². The zero-order valence-corrected chi connectivity index (χ0v) is 9.13. The van der Waals surface area contributed by atoms with E-state index < -0.39 is 0 Å². The first-order valence-electron chi connectivity index (χ1n) is 3.52. The number of thioether (sulfide) groups is 2. The predicted molar refractivity (Wildman–Crippen MR) is 56.0 cm³/mol. The van der Waals surface area contributed by atoms with Gasteiger partial charge in [-0.3, -0.25) is 9.79 Å². The first-order chi connectivity index (χ1) is 5.74. The third-order valence-electron chi connectivity index (χ3n) is 0.992. The Morgan fingerprint density at radius 1 is 1.42 bits per heavy atom. The van der Waals surface area contributed by atoms with Gasteiger partial charge in [0.1, 0.15) is 10.9 Å². The van der Waals surface area contributed by atoms with Gasteiger partial charge in [0.2, 0.25) is 0 Å². The van der Waals surface area contributed by atoms with E-state index in [0.717, 1.165) is 4.38 Å². The molecule has 0 aromatic carbocycles.